The number of hydrogen-bond donors (Lipinski definition) is 0. The van der Waals surface area contributed by atoms with Gasteiger partial charge in [-0.1, -0.05) is 6.07 Å². The molecular formula is C21H18N2O3. The van der Waals surface area contributed by atoms with Crippen LogP contribution >= 0.6 is 0 Å². The standard InChI is InChI=1S/C21H18N2O3/c1-4-26-21(25)17-10-18(23-12-13(2)9-14(3)19(17)23)20(24)16-7-5-15(11-22)6-8-16/h5-10,12H,4H2,1-3H3. The van der Waals surface area contributed by atoms with Crippen LogP contribution in [0.4, 0.5) is 0 Å². The van der Waals surface area contributed by atoms with Gasteiger partial charge >= 0.3 is 5.97 Å². The number of hydrogen-bond acceptors (Lipinski definition) is 4. The van der Waals surface area contributed by atoms with E-state index in [0.29, 0.717) is 27.9 Å². The first-order valence-electron chi connectivity index (χ1n) is 8.30. The summed E-state index contributed by atoms with van der Waals surface area (Å²) in [7, 11) is 0. The largest absolute Gasteiger partial charge is 0.462 e. The summed E-state index contributed by atoms with van der Waals surface area (Å²) in [5.74, 6) is -0.666. The molecule has 0 aliphatic carbocycles. The molecule has 2 heterocycles. The molecule has 0 fully saturated rings. The van der Waals surface area contributed by atoms with Crippen LogP contribution in [0.25, 0.3) is 5.52 Å². The zero-order valence-electron chi connectivity index (χ0n) is 14.9. The number of carbonyl (C=O) groups is 2. The number of nitriles is 1. The van der Waals surface area contributed by atoms with Crippen LogP contribution in [0.2, 0.25) is 0 Å². The normalized spacial score (nSPS) is 10.5. The van der Waals surface area contributed by atoms with Gasteiger partial charge in [0.25, 0.3) is 0 Å². The van der Waals surface area contributed by atoms with E-state index in [2.05, 4.69) is 0 Å². The van der Waals surface area contributed by atoms with Gasteiger partial charge in [-0.05, 0) is 62.2 Å². The molecule has 0 unspecified atom stereocenters. The van der Waals surface area contributed by atoms with E-state index in [1.54, 1.807) is 41.7 Å². The maximum Gasteiger partial charge on any atom is 0.340 e. The zero-order chi connectivity index (χ0) is 18.8. The van der Waals surface area contributed by atoms with Gasteiger partial charge in [-0.25, -0.2) is 4.79 Å². The molecule has 5 nitrogen and oxygen atoms in total. The molecular weight excluding hydrogens is 328 g/mol. The molecule has 0 spiro atoms. The highest BCUT2D eigenvalue weighted by molar-refractivity contribution is 6.11. The number of benzene rings is 1. The molecule has 0 aliphatic heterocycles. The number of esters is 1. The minimum absolute atomic E-state index is 0.218. The Bertz CT molecular complexity index is 1050. The summed E-state index contributed by atoms with van der Waals surface area (Å²) in [6, 6.07) is 12.0. The maximum atomic E-state index is 13.0. The van der Waals surface area contributed by atoms with Crippen LogP contribution in [0.5, 0.6) is 0 Å². The monoisotopic (exact) mass is 346 g/mol. The minimum Gasteiger partial charge on any atom is -0.462 e. The van der Waals surface area contributed by atoms with Crippen LogP contribution in [0.3, 0.4) is 0 Å². The molecule has 0 bridgehead atoms. The van der Waals surface area contributed by atoms with Crippen molar-refractivity contribution in [2.24, 2.45) is 0 Å². The number of aromatic nitrogens is 1. The van der Waals surface area contributed by atoms with Crippen molar-refractivity contribution in [3.05, 3.63) is 76.1 Å². The Morgan fingerprint density at radius 2 is 1.85 bits per heavy atom. The number of pyridine rings is 1. The molecule has 0 atom stereocenters. The van der Waals surface area contributed by atoms with E-state index < -0.39 is 5.97 Å². The van der Waals surface area contributed by atoms with Crippen molar-refractivity contribution in [1.29, 1.82) is 5.26 Å². The van der Waals surface area contributed by atoms with E-state index in [1.165, 1.54) is 0 Å². The van der Waals surface area contributed by atoms with Crippen molar-refractivity contribution in [3.63, 3.8) is 0 Å². The second-order valence-electron chi connectivity index (χ2n) is 6.10. The molecule has 5 heteroatoms. The predicted molar refractivity (Wildman–Crippen MR) is 97.4 cm³/mol. The highest BCUT2D eigenvalue weighted by Crippen LogP contribution is 2.25. The SMILES string of the molecule is CCOC(=O)c1cc(C(=O)c2ccc(C#N)cc2)n2cc(C)cc(C)c12. The summed E-state index contributed by atoms with van der Waals surface area (Å²) in [5.41, 5.74) is 4.26. The lowest BCUT2D eigenvalue weighted by Gasteiger charge is -2.07. The van der Waals surface area contributed by atoms with Crippen molar-refractivity contribution < 1.29 is 14.3 Å². The highest BCUT2D eigenvalue weighted by Gasteiger charge is 2.22. The minimum atomic E-state index is -0.448. The van der Waals surface area contributed by atoms with E-state index in [4.69, 9.17) is 10.00 Å². The summed E-state index contributed by atoms with van der Waals surface area (Å²) >= 11 is 0. The Labute approximate surface area is 151 Å². The van der Waals surface area contributed by atoms with Crippen LogP contribution < -0.4 is 0 Å². The van der Waals surface area contributed by atoms with E-state index in [1.807, 2.05) is 32.2 Å². The van der Waals surface area contributed by atoms with Gasteiger partial charge in [0.15, 0.2) is 0 Å². The fourth-order valence-electron chi connectivity index (χ4n) is 3.10. The third-order valence-electron chi connectivity index (χ3n) is 4.19. The highest BCUT2D eigenvalue weighted by atomic mass is 16.5. The molecule has 0 aliphatic rings. The average Bonchev–Trinajstić information content (AvgIpc) is 3.01. The van der Waals surface area contributed by atoms with Gasteiger partial charge < -0.3 is 9.14 Å². The number of carbonyl (C=O) groups excluding carboxylic acids is 2. The summed E-state index contributed by atoms with van der Waals surface area (Å²) in [6.45, 7) is 5.85. The Morgan fingerprint density at radius 1 is 1.15 bits per heavy atom. The summed E-state index contributed by atoms with van der Waals surface area (Å²) < 4.78 is 6.90. The lowest BCUT2D eigenvalue weighted by Crippen LogP contribution is -2.06. The van der Waals surface area contributed by atoms with Gasteiger partial charge in [-0.3, -0.25) is 4.79 Å². The Kier molecular flexibility index (Phi) is 4.59. The molecule has 0 radical (unpaired) electrons. The summed E-state index contributed by atoms with van der Waals surface area (Å²) in [5, 5.41) is 8.91. The van der Waals surface area contributed by atoms with Crippen molar-refractivity contribution in [2.45, 2.75) is 20.8 Å². The fourth-order valence-corrected chi connectivity index (χ4v) is 3.10. The topological polar surface area (TPSA) is 71.6 Å². The molecule has 3 aromatic rings. The van der Waals surface area contributed by atoms with Crippen LogP contribution in [0.15, 0.2) is 42.6 Å². The van der Waals surface area contributed by atoms with Gasteiger partial charge in [0.2, 0.25) is 5.78 Å². The molecule has 0 saturated heterocycles. The van der Waals surface area contributed by atoms with Gasteiger partial charge in [0.1, 0.15) is 0 Å². The van der Waals surface area contributed by atoms with Crippen molar-refractivity contribution in [1.82, 2.24) is 4.40 Å². The Balaban J connectivity index is 2.20. The molecule has 3 rings (SSSR count). The molecule has 1 aromatic carbocycles. The number of fused-ring (bicyclic) bond motifs is 1. The quantitative estimate of drug-likeness (QED) is 0.531. The zero-order valence-corrected chi connectivity index (χ0v) is 14.9. The van der Waals surface area contributed by atoms with Crippen LogP contribution in [-0.2, 0) is 4.74 Å². The number of aryl methyl sites for hydroxylation is 2. The third kappa shape index (κ3) is 2.98. The van der Waals surface area contributed by atoms with Crippen molar-refractivity contribution in [2.75, 3.05) is 6.61 Å². The Hall–Kier alpha value is -3.39. The number of ether oxygens (including phenoxy) is 1. The fraction of sp³-hybridized carbons (Fsp3) is 0.190. The lowest BCUT2D eigenvalue weighted by molar-refractivity contribution is 0.0528. The number of rotatable bonds is 4. The van der Waals surface area contributed by atoms with Crippen LogP contribution in [0, 0.1) is 25.2 Å². The predicted octanol–water partition coefficient (Wildman–Crippen LogP) is 3.84. The molecule has 26 heavy (non-hydrogen) atoms. The molecule has 130 valence electrons. The molecule has 0 N–H and O–H groups in total. The first-order chi connectivity index (χ1) is 12.5. The average molecular weight is 346 g/mol. The Morgan fingerprint density at radius 3 is 2.46 bits per heavy atom. The van der Waals surface area contributed by atoms with Gasteiger partial charge in [-0.15, -0.1) is 0 Å². The lowest BCUT2D eigenvalue weighted by atomic mass is 10.1. The summed E-state index contributed by atoms with van der Waals surface area (Å²) in [6.07, 6.45) is 1.84. The summed E-state index contributed by atoms with van der Waals surface area (Å²) in [4.78, 5) is 25.4. The second-order valence-corrected chi connectivity index (χ2v) is 6.10. The molecule has 2 aromatic heterocycles. The van der Waals surface area contributed by atoms with Crippen molar-refractivity contribution >= 4 is 17.3 Å². The van der Waals surface area contributed by atoms with Gasteiger partial charge in [0, 0.05) is 11.8 Å². The van der Waals surface area contributed by atoms with Gasteiger partial charge in [-0.2, -0.15) is 5.26 Å². The van der Waals surface area contributed by atoms with E-state index in [0.717, 1.165) is 11.1 Å². The van der Waals surface area contributed by atoms with E-state index in [-0.39, 0.29) is 12.4 Å². The second kappa shape index (κ2) is 6.85. The smallest absolute Gasteiger partial charge is 0.340 e. The number of nitrogens with zero attached hydrogens (tertiary/aromatic N) is 2. The van der Waals surface area contributed by atoms with E-state index >= 15 is 0 Å². The van der Waals surface area contributed by atoms with Gasteiger partial charge in [0.05, 0.1) is 35.0 Å². The maximum absolute atomic E-state index is 13.0. The first kappa shape index (κ1) is 17.4. The van der Waals surface area contributed by atoms with E-state index in [9.17, 15) is 9.59 Å². The third-order valence-corrected chi connectivity index (χ3v) is 4.19. The van der Waals surface area contributed by atoms with Crippen molar-refractivity contribution in [3.8, 4) is 6.07 Å². The first-order valence-corrected chi connectivity index (χ1v) is 8.30. The van der Waals surface area contributed by atoms with Crippen LogP contribution in [0.1, 0.15) is 50.0 Å². The molecule has 0 saturated carbocycles. The molecule has 0 amide bonds. The van der Waals surface area contributed by atoms with Crippen LogP contribution in [-0.4, -0.2) is 22.8 Å². The number of ketones is 1.